The van der Waals surface area contributed by atoms with Gasteiger partial charge in [0.15, 0.2) is 0 Å². The number of furan rings is 1. The lowest BCUT2D eigenvalue weighted by Crippen LogP contribution is -2.17. The molecule has 2 heterocycles. The van der Waals surface area contributed by atoms with E-state index < -0.39 is 6.10 Å². The molecule has 3 heteroatoms. The van der Waals surface area contributed by atoms with Gasteiger partial charge < -0.3 is 14.3 Å². The van der Waals surface area contributed by atoms with Gasteiger partial charge in [-0.15, -0.1) is 0 Å². The molecule has 1 aliphatic rings. The molecule has 1 aromatic heterocycles. The molecule has 1 aromatic rings. The topological polar surface area (TPSA) is 42.6 Å². The van der Waals surface area contributed by atoms with Crippen molar-refractivity contribution in [2.24, 2.45) is 5.92 Å². The standard InChI is InChI=1S/C13H20O3/c1-2-11-3-4-13(16-11)12(14)9-10-5-7-15-8-6-10/h3-4,10,12,14H,2,5-9H2,1H3. The third-order valence-electron chi connectivity index (χ3n) is 3.26. The molecule has 1 aliphatic heterocycles. The fraction of sp³-hybridized carbons (Fsp3) is 0.692. The minimum absolute atomic E-state index is 0.455. The number of ether oxygens (including phenoxy) is 1. The smallest absolute Gasteiger partial charge is 0.132 e. The zero-order valence-corrected chi connectivity index (χ0v) is 9.82. The van der Waals surface area contributed by atoms with E-state index in [0.717, 1.165) is 44.7 Å². The van der Waals surface area contributed by atoms with E-state index in [2.05, 4.69) is 0 Å². The van der Waals surface area contributed by atoms with Crippen LogP contribution in [0.1, 0.15) is 43.8 Å². The summed E-state index contributed by atoms with van der Waals surface area (Å²) in [6, 6.07) is 3.84. The van der Waals surface area contributed by atoms with Crippen LogP contribution in [0.25, 0.3) is 0 Å². The molecule has 0 aromatic carbocycles. The molecule has 0 spiro atoms. The third-order valence-corrected chi connectivity index (χ3v) is 3.26. The first-order valence-electron chi connectivity index (χ1n) is 6.14. The van der Waals surface area contributed by atoms with Gasteiger partial charge in [0.05, 0.1) is 0 Å². The zero-order valence-electron chi connectivity index (χ0n) is 9.82. The quantitative estimate of drug-likeness (QED) is 0.855. The SMILES string of the molecule is CCc1ccc(C(O)CC2CCOCC2)o1. The summed E-state index contributed by atoms with van der Waals surface area (Å²) in [4.78, 5) is 0. The van der Waals surface area contributed by atoms with Crippen molar-refractivity contribution in [2.75, 3.05) is 13.2 Å². The Morgan fingerprint density at radius 3 is 2.75 bits per heavy atom. The molecule has 90 valence electrons. The van der Waals surface area contributed by atoms with Crippen LogP contribution in [0.5, 0.6) is 0 Å². The summed E-state index contributed by atoms with van der Waals surface area (Å²) in [5.41, 5.74) is 0. The Morgan fingerprint density at radius 1 is 1.38 bits per heavy atom. The van der Waals surface area contributed by atoms with Crippen LogP contribution in [-0.4, -0.2) is 18.3 Å². The number of aryl methyl sites for hydroxylation is 1. The summed E-state index contributed by atoms with van der Waals surface area (Å²) < 4.78 is 10.9. The van der Waals surface area contributed by atoms with Crippen LogP contribution in [-0.2, 0) is 11.2 Å². The van der Waals surface area contributed by atoms with Gasteiger partial charge in [0.25, 0.3) is 0 Å². The van der Waals surface area contributed by atoms with Crippen molar-refractivity contribution in [2.45, 2.75) is 38.7 Å². The van der Waals surface area contributed by atoms with Gasteiger partial charge in [0.2, 0.25) is 0 Å². The summed E-state index contributed by atoms with van der Waals surface area (Å²) in [5, 5.41) is 10.0. The second-order valence-corrected chi connectivity index (χ2v) is 4.46. The maximum absolute atomic E-state index is 10.0. The molecule has 2 rings (SSSR count). The van der Waals surface area contributed by atoms with E-state index >= 15 is 0 Å². The summed E-state index contributed by atoms with van der Waals surface area (Å²) in [7, 11) is 0. The van der Waals surface area contributed by atoms with Crippen molar-refractivity contribution in [3.05, 3.63) is 23.7 Å². The van der Waals surface area contributed by atoms with Crippen molar-refractivity contribution in [3.63, 3.8) is 0 Å². The Bertz CT molecular complexity index is 313. The molecule has 0 radical (unpaired) electrons. The Hall–Kier alpha value is -0.800. The van der Waals surface area contributed by atoms with E-state index in [1.807, 2.05) is 19.1 Å². The summed E-state index contributed by atoms with van der Waals surface area (Å²) >= 11 is 0. The van der Waals surface area contributed by atoms with Crippen LogP contribution in [0.2, 0.25) is 0 Å². The number of aliphatic hydroxyl groups is 1. The minimum atomic E-state index is -0.455. The van der Waals surface area contributed by atoms with Crippen LogP contribution >= 0.6 is 0 Å². The lowest BCUT2D eigenvalue weighted by atomic mass is 9.93. The number of hydrogen-bond acceptors (Lipinski definition) is 3. The lowest BCUT2D eigenvalue weighted by Gasteiger charge is -2.23. The van der Waals surface area contributed by atoms with Gasteiger partial charge in [-0.25, -0.2) is 0 Å². The first kappa shape index (κ1) is 11.7. The van der Waals surface area contributed by atoms with Gasteiger partial charge in [-0.2, -0.15) is 0 Å². The predicted molar refractivity (Wildman–Crippen MR) is 61.2 cm³/mol. The van der Waals surface area contributed by atoms with Crippen LogP contribution in [0.15, 0.2) is 16.5 Å². The monoisotopic (exact) mass is 224 g/mol. The highest BCUT2D eigenvalue weighted by atomic mass is 16.5. The second kappa shape index (κ2) is 5.51. The van der Waals surface area contributed by atoms with E-state index in [1.165, 1.54) is 0 Å². The maximum Gasteiger partial charge on any atom is 0.132 e. The van der Waals surface area contributed by atoms with E-state index in [-0.39, 0.29) is 0 Å². The fourth-order valence-electron chi connectivity index (χ4n) is 2.18. The van der Waals surface area contributed by atoms with E-state index in [1.54, 1.807) is 0 Å². The van der Waals surface area contributed by atoms with E-state index in [4.69, 9.17) is 9.15 Å². The molecule has 1 N–H and O–H groups in total. The van der Waals surface area contributed by atoms with Crippen molar-refractivity contribution in [3.8, 4) is 0 Å². The Kier molecular flexibility index (Phi) is 4.02. The Labute approximate surface area is 96.4 Å². The largest absolute Gasteiger partial charge is 0.463 e. The van der Waals surface area contributed by atoms with Crippen molar-refractivity contribution >= 4 is 0 Å². The molecule has 1 unspecified atom stereocenters. The predicted octanol–water partition coefficient (Wildman–Crippen LogP) is 2.69. The summed E-state index contributed by atoms with van der Waals surface area (Å²) in [6.45, 7) is 3.71. The van der Waals surface area contributed by atoms with Crippen LogP contribution in [0.4, 0.5) is 0 Å². The van der Waals surface area contributed by atoms with Crippen molar-refractivity contribution < 1.29 is 14.3 Å². The first-order chi connectivity index (χ1) is 7.79. The first-order valence-corrected chi connectivity index (χ1v) is 6.14. The molecule has 3 nitrogen and oxygen atoms in total. The van der Waals surface area contributed by atoms with Gasteiger partial charge in [0.1, 0.15) is 17.6 Å². The molecule has 0 bridgehead atoms. The Morgan fingerprint density at radius 2 is 2.12 bits per heavy atom. The molecule has 1 atom stereocenters. The van der Waals surface area contributed by atoms with Gasteiger partial charge in [-0.3, -0.25) is 0 Å². The fourth-order valence-corrected chi connectivity index (χ4v) is 2.18. The molecule has 0 aliphatic carbocycles. The number of rotatable bonds is 4. The van der Waals surface area contributed by atoms with Crippen LogP contribution in [0.3, 0.4) is 0 Å². The number of hydrogen-bond donors (Lipinski definition) is 1. The normalized spacial score (nSPS) is 19.9. The van der Waals surface area contributed by atoms with E-state index in [0.29, 0.717) is 11.7 Å². The van der Waals surface area contributed by atoms with Crippen LogP contribution < -0.4 is 0 Å². The highest BCUT2D eigenvalue weighted by molar-refractivity contribution is 5.09. The molecule has 0 saturated carbocycles. The highest BCUT2D eigenvalue weighted by Gasteiger charge is 2.20. The second-order valence-electron chi connectivity index (χ2n) is 4.46. The summed E-state index contributed by atoms with van der Waals surface area (Å²) in [5.74, 6) is 2.23. The van der Waals surface area contributed by atoms with Gasteiger partial charge in [-0.1, -0.05) is 6.92 Å². The lowest BCUT2D eigenvalue weighted by molar-refractivity contribution is 0.0385. The third kappa shape index (κ3) is 2.86. The molecule has 1 fully saturated rings. The zero-order chi connectivity index (χ0) is 11.4. The minimum Gasteiger partial charge on any atom is -0.463 e. The number of aliphatic hydroxyl groups excluding tert-OH is 1. The average molecular weight is 224 g/mol. The van der Waals surface area contributed by atoms with Gasteiger partial charge >= 0.3 is 0 Å². The van der Waals surface area contributed by atoms with Crippen LogP contribution in [0, 0.1) is 5.92 Å². The van der Waals surface area contributed by atoms with E-state index in [9.17, 15) is 5.11 Å². The van der Waals surface area contributed by atoms with Crippen molar-refractivity contribution in [1.82, 2.24) is 0 Å². The Balaban J connectivity index is 1.88. The van der Waals surface area contributed by atoms with Gasteiger partial charge in [0, 0.05) is 19.6 Å². The maximum atomic E-state index is 10.0. The van der Waals surface area contributed by atoms with Gasteiger partial charge in [-0.05, 0) is 37.3 Å². The molecule has 0 amide bonds. The molecular weight excluding hydrogens is 204 g/mol. The average Bonchev–Trinajstić information content (AvgIpc) is 2.79. The highest BCUT2D eigenvalue weighted by Crippen LogP contribution is 2.28. The molecule has 1 saturated heterocycles. The summed E-state index contributed by atoms with van der Waals surface area (Å²) in [6.07, 6.45) is 3.32. The molecule has 16 heavy (non-hydrogen) atoms. The van der Waals surface area contributed by atoms with Crippen molar-refractivity contribution in [1.29, 1.82) is 0 Å². The molecular formula is C13H20O3.